The first-order valence-electron chi connectivity index (χ1n) is 8.61. The maximum atomic E-state index is 11.8. The van der Waals surface area contributed by atoms with Crippen molar-refractivity contribution in [2.45, 2.75) is 64.8 Å². The van der Waals surface area contributed by atoms with Crippen LogP contribution in [0.3, 0.4) is 0 Å². The molecule has 0 saturated carbocycles. The highest BCUT2D eigenvalue weighted by atomic mass is 31.2. The molecule has 4 N–H and O–H groups in total. The fourth-order valence-corrected chi connectivity index (χ4v) is 5.57. The molecule has 0 atom stereocenters. The molecule has 1 rings (SSSR count). The van der Waals surface area contributed by atoms with Gasteiger partial charge >= 0.3 is 15.2 Å². The summed E-state index contributed by atoms with van der Waals surface area (Å²) in [4.78, 5) is 35.8. The average Bonchev–Trinajstić information content (AvgIpc) is 2.95. The summed E-state index contributed by atoms with van der Waals surface area (Å²) in [6, 6.07) is 0. The first-order chi connectivity index (χ1) is 12.3. The number of aromatic nitrogens is 3. The van der Waals surface area contributed by atoms with Gasteiger partial charge in [-0.1, -0.05) is 35.4 Å². The van der Waals surface area contributed by atoms with Crippen molar-refractivity contribution >= 4 is 15.2 Å². The minimum Gasteiger partial charge on any atom is -0.324 e. The highest BCUT2D eigenvalue weighted by molar-refractivity contribution is 7.72. The van der Waals surface area contributed by atoms with Gasteiger partial charge in [0.15, 0.2) is 4.90 Å². The highest BCUT2D eigenvalue weighted by Gasteiger charge is 2.59. The quantitative estimate of drug-likeness (QED) is 0.333. The Morgan fingerprint density at radius 2 is 1.74 bits per heavy atom. The summed E-state index contributed by atoms with van der Waals surface area (Å²) < 4.78 is 25.1. The van der Waals surface area contributed by atoms with E-state index in [1.165, 1.54) is 23.4 Å². The monoisotopic (exact) mass is 421 g/mol. The van der Waals surface area contributed by atoms with Crippen molar-refractivity contribution in [1.82, 2.24) is 15.0 Å². The van der Waals surface area contributed by atoms with Crippen LogP contribution in [0.25, 0.3) is 0 Å². The van der Waals surface area contributed by atoms with Crippen molar-refractivity contribution in [3.63, 3.8) is 0 Å². The van der Waals surface area contributed by atoms with Gasteiger partial charge in [-0.15, -0.1) is 5.10 Å². The van der Waals surface area contributed by atoms with Crippen molar-refractivity contribution in [3.05, 3.63) is 35.2 Å². The van der Waals surface area contributed by atoms with E-state index >= 15 is 0 Å². The fraction of sp³-hybridized carbons (Fsp3) is 0.625. The Morgan fingerprint density at radius 1 is 1.15 bits per heavy atom. The van der Waals surface area contributed by atoms with Crippen LogP contribution in [-0.2, 0) is 22.1 Å². The summed E-state index contributed by atoms with van der Waals surface area (Å²) in [6.45, 7) is 7.84. The number of rotatable bonds is 10. The lowest BCUT2D eigenvalue weighted by molar-refractivity contribution is 0.302. The summed E-state index contributed by atoms with van der Waals surface area (Å²) in [7, 11) is -10.2. The summed E-state index contributed by atoms with van der Waals surface area (Å²) in [5, 5.41) is 7.71. The van der Waals surface area contributed by atoms with Gasteiger partial charge in [-0.2, -0.15) is 0 Å². The molecule has 27 heavy (non-hydrogen) atoms. The molecule has 0 aliphatic heterocycles. The van der Waals surface area contributed by atoms with E-state index in [4.69, 9.17) is 0 Å². The second kappa shape index (κ2) is 9.41. The van der Waals surface area contributed by atoms with Gasteiger partial charge in [0.25, 0.3) is 0 Å². The van der Waals surface area contributed by atoms with Crippen LogP contribution >= 0.6 is 15.2 Å². The van der Waals surface area contributed by atoms with Crippen LogP contribution in [0.5, 0.6) is 0 Å². The number of hydrogen-bond donors (Lipinski definition) is 4. The van der Waals surface area contributed by atoms with Crippen molar-refractivity contribution < 1.29 is 28.7 Å². The Kier molecular flexibility index (Phi) is 8.35. The zero-order valence-electron chi connectivity index (χ0n) is 16.1. The van der Waals surface area contributed by atoms with Crippen molar-refractivity contribution in [2.24, 2.45) is 0 Å². The topological polar surface area (TPSA) is 146 Å². The molecule has 0 bridgehead atoms. The van der Waals surface area contributed by atoms with E-state index in [1.54, 1.807) is 0 Å². The summed E-state index contributed by atoms with van der Waals surface area (Å²) in [5.74, 6) is 0. The van der Waals surface area contributed by atoms with Crippen molar-refractivity contribution in [3.8, 4) is 0 Å². The molecule has 0 aliphatic rings. The molecule has 0 fully saturated rings. The minimum absolute atomic E-state index is 0.124. The molecule has 0 radical (unpaired) electrons. The van der Waals surface area contributed by atoms with E-state index in [9.17, 15) is 28.7 Å². The third-order valence-electron chi connectivity index (χ3n) is 4.42. The molecule has 0 aromatic carbocycles. The molecule has 1 aromatic rings. The largest absolute Gasteiger partial charge is 0.344 e. The van der Waals surface area contributed by atoms with Gasteiger partial charge in [0.05, 0.1) is 12.2 Å². The Labute approximate surface area is 159 Å². The van der Waals surface area contributed by atoms with Crippen LogP contribution in [0, 0.1) is 0 Å². The van der Waals surface area contributed by atoms with Gasteiger partial charge in [0.2, 0.25) is 0 Å². The van der Waals surface area contributed by atoms with Gasteiger partial charge in [0, 0.05) is 12.6 Å². The second-order valence-electron chi connectivity index (χ2n) is 6.90. The van der Waals surface area contributed by atoms with Gasteiger partial charge in [-0.25, -0.2) is 4.68 Å². The van der Waals surface area contributed by atoms with Gasteiger partial charge in [-0.05, 0) is 40.0 Å². The lowest BCUT2D eigenvalue weighted by atomic mass is 10.1. The molecule has 1 heterocycles. The molecular weight excluding hydrogens is 392 g/mol. The summed E-state index contributed by atoms with van der Waals surface area (Å²) >= 11 is 0. The van der Waals surface area contributed by atoms with Crippen molar-refractivity contribution in [1.29, 1.82) is 0 Å². The van der Waals surface area contributed by atoms with E-state index in [0.29, 0.717) is 6.54 Å². The molecule has 9 nitrogen and oxygen atoms in total. The van der Waals surface area contributed by atoms with Crippen LogP contribution in [0.15, 0.2) is 29.5 Å². The van der Waals surface area contributed by atoms with E-state index in [-0.39, 0.29) is 5.69 Å². The number of hydrogen-bond acceptors (Lipinski definition) is 4. The molecule has 0 amide bonds. The van der Waals surface area contributed by atoms with Crippen molar-refractivity contribution in [2.75, 3.05) is 0 Å². The highest BCUT2D eigenvalue weighted by Crippen LogP contribution is 2.71. The molecular formula is C16H29N3O6P2. The predicted octanol–water partition coefficient (Wildman–Crippen LogP) is 2.98. The minimum atomic E-state index is -5.09. The van der Waals surface area contributed by atoms with E-state index in [1.807, 2.05) is 26.8 Å². The zero-order valence-corrected chi connectivity index (χ0v) is 17.9. The van der Waals surface area contributed by atoms with Crippen LogP contribution in [0.1, 0.15) is 52.7 Å². The van der Waals surface area contributed by atoms with Crippen LogP contribution < -0.4 is 0 Å². The Bertz CT molecular complexity index is 764. The third kappa shape index (κ3) is 6.49. The maximum absolute atomic E-state index is 11.8. The smallest absolute Gasteiger partial charge is 0.324 e. The Hall–Kier alpha value is -1.08. The maximum Gasteiger partial charge on any atom is 0.344 e. The molecule has 11 heteroatoms. The van der Waals surface area contributed by atoms with E-state index in [0.717, 1.165) is 18.4 Å². The summed E-state index contributed by atoms with van der Waals surface area (Å²) in [5.41, 5.74) is 2.55. The lowest BCUT2D eigenvalue weighted by Crippen LogP contribution is -2.31. The number of nitrogens with zero attached hydrogens (tertiary/aromatic N) is 3. The SMILES string of the molecule is CCC(Cc1cn(CC=C(C)CCC=C(C)C)nn1)(P(=O)(O)O)P(=O)(O)O. The Morgan fingerprint density at radius 3 is 2.22 bits per heavy atom. The van der Waals surface area contributed by atoms with Crippen LogP contribution in [-0.4, -0.2) is 39.5 Å². The number of allylic oxidation sites excluding steroid dienone is 4. The lowest BCUT2D eigenvalue weighted by Gasteiger charge is -2.32. The third-order valence-corrected chi connectivity index (χ3v) is 9.10. The standard InChI is InChI=1S/C16H29N3O6P2/c1-5-16(26(20,21)22,27(23,24)25)11-15-12-19(18-17-15)10-9-14(4)8-6-7-13(2)3/h7,9,12H,5-6,8,10-11H2,1-4H3,(H2,20,21,22)(H2,23,24,25). The molecule has 1 aromatic heterocycles. The predicted molar refractivity (Wildman–Crippen MR) is 103 cm³/mol. The molecule has 0 spiro atoms. The second-order valence-corrected chi connectivity index (χ2v) is 11.1. The van der Waals surface area contributed by atoms with Gasteiger partial charge in [-0.3, -0.25) is 9.13 Å². The van der Waals surface area contributed by atoms with Gasteiger partial charge < -0.3 is 19.6 Å². The summed E-state index contributed by atoms with van der Waals surface area (Å²) in [6.07, 6.45) is 6.48. The molecule has 0 saturated heterocycles. The first kappa shape index (κ1) is 24.0. The fourth-order valence-electron chi connectivity index (χ4n) is 2.65. The van der Waals surface area contributed by atoms with Crippen LogP contribution in [0.4, 0.5) is 0 Å². The average molecular weight is 421 g/mol. The van der Waals surface area contributed by atoms with Gasteiger partial charge in [0.1, 0.15) is 0 Å². The molecule has 0 aliphatic carbocycles. The van der Waals surface area contributed by atoms with Crippen LogP contribution in [0.2, 0.25) is 0 Å². The van der Waals surface area contributed by atoms with E-state index < -0.39 is 32.9 Å². The first-order valence-corrected chi connectivity index (χ1v) is 11.8. The Balaban J connectivity index is 2.91. The normalized spacial score (nSPS) is 13.7. The molecule has 0 unspecified atom stereocenters. The zero-order chi connectivity index (χ0) is 20.9. The molecule has 154 valence electrons. The van der Waals surface area contributed by atoms with E-state index in [2.05, 4.69) is 16.4 Å².